The predicted octanol–water partition coefficient (Wildman–Crippen LogP) is -0.775. The molecule has 0 saturated carbocycles. The van der Waals surface area contributed by atoms with Gasteiger partial charge in [0, 0.05) is 38.8 Å². The molecule has 0 spiro atoms. The Bertz CT molecular complexity index is 456. The van der Waals surface area contributed by atoms with Crippen molar-refractivity contribution in [2.75, 3.05) is 58.9 Å². The molecule has 0 aromatic carbocycles. The van der Waals surface area contributed by atoms with E-state index < -0.39 is 5.97 Å². The van der Waals surface area contributed by atoms with Gasteiger partial charge >= 0.3 is 5.97 Å². The number of piperidine rings is 2. The Balaban J connectivity index is 1.46. The minimum absolute atomic E-state index is 0.0176. The van der Waals surface area contributed by atoms with Gasteiger partial charge in [0.2, 0.25) is 6.41 Å². The van der Waals surface area contributed by atoms with Crippen molar-refractivity contribution in [3.05, 3.63) is 0 Å². The van der Waals surface area contributed by atoms with E-state index in [1.165, 1.54) is 12.8 Å². The lowest BCUT2D eigenvalue weighted by atomic mass is 9.97. The third-order valence-corrected chi connectivity index (χ3v) is 6.24. The van der Waals surface area contributed by atoms with Crippen molar-refractivity contribution in [2.45, 2.75) is 37.9 Å². The second-order valence-electron chi connectivity index (χ2n) is 7.77. The molecule has 1 atom stereocenters. The molecule has 3 rings (SSSR count). The molecule has 3 fully saturated rings. The Hall–Kier alpha value is -1.22. The smallest absolute Gasteiger partial charge is 0.306 e. The molecule has 26 heavy (non-hydrogen) atoms. The fraction of sp³-hybridized carbons (Fsp3) is 0.889. The van der Waals surface area contributed by atoms with Gasteiger partial charge in [0.1, 0.15) is 0 Å². The third kappa shape index (κ3) is 5.16. The highest BCUT2D eigenvalue weighted by atomic mass is 16.4. The number of nitrogens with zero attached hydrogens (tertiary/aromatic N) is 3. The summed E-state index contributed by atoms with van der Waals surface area (Å²) in [6.07, 6.45) is 4.68. The van der Waals surface area contributed by atoms with Crippen molar-refractivity contribution in [1.29, 1.82) is 0 Å². The molecule has 3 saturated heterocycles. The van der Waals surface area contributed by atoms with Crippen molar-refractivity contribution < 1.29 is 14.7 Å². The van der Waals surface area contributed by atoms with Crippen molar-refractivity contribution in [3.8, 4) is 0 Å². The number of carboxylic acids is 1. The summed E-state index contributed by atoms with van der Waals surface area (Å²) in [4.78, 5) is 29.5. The molecule has 1 amide bonds. The molecule has 3 aliphatic rings. The third-order valence-electron chi connectivity index (χ3n) is 6.24. The van der Waals surface area contributed by atoms with Crippen LogP contribution in [0.3, 0.4) is 0 Å². The van der Waals surface area contributed by atoms with Gasteiger partial charge < -0.3 is 15.7 Å². The maximum atomic E-state index is 11.1. The number of hydrogen-bond acceptors (Lipinski definition) is 6. The number of likely N-dealkylation sites (tertiary alicyclic amines) is 1. The lowest BCUT2D eigenvalue weighted by Gasteiger charge is -2.44. The first kappa shape index (κ1) is 19.5. The lowest BCUT2D eigenvalue weighted by molar-refractivity contribution is -0.143. The number of carbonyl (C=O) groups is 2. The van der Waals surface area contributed by atoms with E-state index >= 15 is 0 Å². The van der Waals surface area contributed by atoms with Gasteiger partial charge in [-0.3, -0.25) is 24.3 Å². The second-order valence-corrected chi connectivity index (χ2v) is 7.77. The molecule has 0 aliphatic carbocycles. The molecular formula is C18H33N5O3. The lowest BCUT2D eigenvalue weighted by Crippen LogP contribution is -2.60. The molecule has 1 unspecified atom stereocenters. The zero-order valence-electron chi connectivity index (χ0n) is 15.6. The molecule has 0 aromatic heterocycles. The molecular weight excluding hydrogens is 334 g/mol. The Morgan fingerprint density at radius 3 is 2.31 bits per heavy atom. The summed E-state index contributed by atoms with van der Waals surface area (Å²) >= 11 is 0. The molecule has 8 heteroatoms. The van der Waals surface area contributed by atoms with E-state index in [-0.39, 0.29) is 12.1 Å². The minimum atomic E-state index is -0.679. The van der Waals surface area contributed by atoms with E-state index in [4.69, 9.17) is 5.11 Å². The summed E-state index contributed by atoms with van der Waals surface area (Å²) in [5.41, 5.74) is 0. The Morgan fingerprint density at radius 2 is 1.73 bits per heavy atom. The average molecular weight is 367 g/mol. The van der Waals surface area contributed by atoms with Crippen LogP contribution in [0.5, 0.6) is 0 Å². The van der Waals surface area contributed by atoms with Crippen LogP contribution in [-0.2, 0) is 9.59 Å². The van der Waals surface area contributed by atoms with Crippen LogP contribution in [0, 0.1) is 5.92 Å². The van der Waals surface area contributed by atoms with Crippen LogP contribution in [0.4, 0.5) is 0 Å². The highest BCUT2D eigenvalue weighted by molar-refractivity contribution is 5.70. The predicted molar refractivity (Wildman–Crippen MR) is 98.8 cm³/mol. The number of amides is 1. The van der Waals surface area contributed by atoms with Gasteiger partial charge in [0.05, 0.1) is 12.1 Å². The van der Waals surface area contributed by atoms with Gasteiger partial charge in [-0.1, -0.05) is 0 Å². The van der Waals surface area contributed by atoms with Crippen LogP contribution in [-0.4, -0.2) is 103 Å². The van der Waals surface area contributed by atoms with Crippen molar-refractivity contribution in [1.82, 2.24) is 25.3 Å². The SMILES string of the molecule is O=CNC(CN1CCC(C(=O)O)CC1)N1CCN(C2CCNCC2)CC1. The standard InChI is InChI=1S/C18H33N5O3/c24-14-20-17(13-21-7-3-15(4-8-21)18(25)26)23-11-9-22(10-12-23)16-1-5-19-6-2-16/h14-17,19H,1-13H2,(H,20,24)(H,25,26). The van der Waals surface area contributed by atoms with Crippen LogP contribution in [0.2, 0.25) is 0 Å². The number of carbonyl (C=O) groups excluding carboxylic acids is 1. The number of hydrogen-bond donors (Lipinski definition) is 3. The normalized spacial score (nSPS) is 26.5. The fourth-order valence-corrected chi connectivity index (χ4v) is 4.55. The zero-order valence-corrected chi connectivity index (χ0v) is 15.6. The van der Waals surface area contributed by atoms with Crippen molar-refractivity contribution >= 4 is 12.4 Å². The number of aliphatic carboxylic acids is 1. The minimum Gasteiger partial charge on any atom is -0.481 e. The van der Waals surface area contributed by atoms with Gasteiger partial charge in [-0.25, -0.2) is 0 Å². The van der Waals surface area contributed by atoms with E-state index in [1.807, 2.05) is 0 Å². The van der Waals surface area contributed by atoms with E-state index in [2.05, 4.69) is 25.3 Å². The molecule has 3 N–H and O–H groups in total. The molecule has 3 aliphatic heterocycles. The highest BCUT2D eigenvalue weighted by Gasteiger charge is 2.31. The molecule has 0 bridgehead atoms. The van der Waals surface area contributed by atoms with Crippen LogP contribution >= 0.6 is 0 Å². The maximum absolute atomic E-state index is 11.1. The number of rotatable bonds is 7. The summed E-state index contributed by atoms with van der Waals surface area (Å²) in [5, 5.41) is 15.5. The molecule has 0 aromatic rings. The highest BCUT2D eigenvalue weighted by Crippen LogP contribution is 2.19. The van der Waals surface area contributed by atoms with Gasteiger partial charge in [-0.05, 0) is 51.9 Å². The maximum Gasteiger partial charge on any atom is 0.306 e. The topological polar surface area (TPSA) is 88.1 Å². The van der Waals surface area contributed by atoms with Crippen LogP contribution in [0.1, 0.15) is 25.7 Å². The van der Waals surface area contributed by atoms with Gasteiger partial charge in [0.15, 0.2) is 0 Å². The fourth-order valence-electron chi connectivity index (χ4n) is 4.55. The van der Waals surface area contributed by atoms with E-state index in [0.717, 1.165) is 65.3 Å². The largest absolute Gasteiger partial charge is 0.481 e. The van der Waals surface area contributed by atoms with Crippen LogP contribution < -0.4 is 10.6 Å². The van der Waals surface area contributed by atoms with Crippen molar-refractivity contribution in [2.24, 2.45) is 5.92 Å². The average Bonchev–Trinajstić information content (AvgIpc) is 2.69. The first-order valence-electron chi connectivity index (χ1n) is 10.0. The Labute approximate surface area is 155 Å². The Morgan fingerprint density at radius 1 is 1.08 bits per heavy atom. The summed E-state index contributed by atoms with van der Waals surface area (Å²) < 4.78 is 0. The van der Waals surface area contributed by atoms with Crippen molar-refractivity contribution in [3.63, 3.8) is 0 Å². The monoisotopic (exact) mass is 367 g/mol. The second kappa shape index (κ2) is 9.64. The van der Waals surface area contributed by atoms with Crippen LogP contribution in [0.15, 0.2) is 0 Å². The molecule has 148 valence electrons. The first-order valence-corrected chi connectivity index (χ1v) is 10.0. The summed E-state index contributed by atoms with van der Waals surface area (Å²) in [6, 6.07) is 0.700. The molecule has 8 nitrogen and oxygen atoms in total. The number of piperazine rings is 1. The molecule has 3 heterocycles. The van der Waals surface area contributed by atoms with Crippen LogP contribution in [0.25, 0.3) is 0 Å². The summed E-state index contributed by atoms with van der Waals surface area (Å²) in [5.74, 6) is -0.890. The van der Waals surface area contributed by atoms with E-state index in [9.17, 15) is 9.59 Å². The van der Waals surface area contributed by atoms with Gasteiger partial charge in [0.25, 0.3) is 0 Å². The number of carboxylic acid groups (broad SMARTS) is 1. The van der Waals surface area contributed by atoms with Gasteiger partial charge in [-0.2, -0.15) is 0 Å². The first-order chi connectivity index (χ1) is 12.7. The quantitative estimate of drug-likeness (QED) is 0.509. The zero-order chi connectivity index (χ0) is 18.4. The molecule has 0 radical (unpaired) electrons. The summed E-state index contributed by atoms with van der Waals surface area (Å²) in [6.45, 7) is 8.66. The van der Waals surface area contributed by atoms with E-state index in [0.29, 0.717) is 18.9 Å². The summed E-state index contributed by atoms with van der Waals surface area (Å²) in [7, 11) is 0. The van der Waals surface area contributed by atoms with Gasteiger partial charge in [-0.15, -0.1) is 0 Å². The van der Waals surface area contributed by atoms with E-state index in [1.54, 1.807) is 0 Å². The Kier molecular flexibility index (Phi) is 7.24. The number of nitrogens with one attached hydrogen (secondary N) is 2.